The third-order valence-electron chi connectivity index (χ3n) is 6.60. The Kier molecular flexibility index (Phi) is 7.47. The SMILES string of the molecule is CCOC(=O)C1(c2ccc(NC(=O)COc3ccc(S(=O)(=O)N4CCCCC4)cc3C)cc2)CC1. The quantitative estimate of drug-likeness (QED) is 0.526. The summed E-state index contributed by atoms with van der Waals surface area (Å²) in [5, 5.41) is 2.78. The molecule has 1 aliphatic heterocycles. The van der Waals surface area contributed by atoms with Crippen molar-refractivity contribution in [2.24, 2.45) is 0 Å². The molecule has 0 bridgehead atoms. The molecule has 1 aliphatic carbocycles. The van der Waals surface area contributed by atoms with E-state index in [1.165, 1.54) is 10.4 Å². The number of ether oxygens (including phenoxy) is 2. The molecule has 1 N–H and O–H groups in total. The Balaban J connectivity index is 1.33. The number of hydrogen-bond acceptors (Lipinski definition) is 6. The van der Waals surface area contributed by atoms with Crippen LogP contribution in [0.5, 0.6) is 5.75 Å². The average Bonchev–Trinajstić information content (AvgIpc) is 3.67. The third kappa shape index (κ3) is 5.51. The van der Waals surface area contributed by atoms with Crippen molar-refractivity contribution in [3.05, 3.63) is 53.6 Å². The summed E-state index contributed by atoms with van der Waals surface area (Å²) in [6.07, 6.45) is 4.34. The lowest BCUT2D eigenvalue weighted by Crippen LogP contribution is -2.35. The second-order valence-electron chi connectivity index (χ2n) is 9.11. The molecule has 1 saturated heterocycles. The summed E-state index contributed by atoms with van der Waals surface area (Å²) in [5.74, 6) is -0.0813. The summed E-state index contributed by atoms with van der Waals surface area (Å²) in [6.45, 7) is 4.79. The van der Waals surface area contributed by atoms with E-state index in [9.17, 15) is 18.0 Å². The van der Waals surface area contributed by atoms with Gasteiger partial charge in [0, 0.05) is 18.8 Å². The van der Waals surface area contributed by atoms with E-state index in [4.69, 9.17) is 9.47 Å². The van der Waals surface area contributed by atoms with Gasteiger partial charge in [-0.15, -0.1) is 0 Å². The molecule has 0 radical (unpaired) electrons. The second kappa shape index (κ2) is 10.4. The van der Waals surface area contributed by atoms with Gasteiger partial charge in [-0.3, -0.25) is 9.59 Å². The molecule has 0 atom stereocenters. The molecule has 0 spiro atoms. The number of amides is 1. The highest BCUT2D eigenvalue weighted by Gasteiger charge is 2.52. The van der Waals surface area contributed by atoms with Gasteiger partial charge < -0.3 is 14.8 Å². The Morgan fingerprint density at radius 1 is 1.03 bits per heavy atom. The first-order valence-corrected chi connectivity index (χ1v) is 13.5. The predicted octanol–water partition coefficient (Wildman–Crippen LogP) is 3.78. The molecule has 4 rings (SSSR count). The van der Waals surface area contributed by atoms with Gasteiger partial charge in [0.15, 0.2) is 6.61 Å². The molecule has 8 nitrogen and oxygen atoms in total. The molecule has 0 aromatic heterocycles. The van der Waals surface area contributed by atoms with Crippen LogP contribution in [0.25, 0.3) is 0 Å². The first-order chi connectivity index (χ1) is 16.8. The van der Waals surface area contributed by atoms with Crippen molar-refractivity contribution in [2.45, 2.75) is 56.3 Å². The lowest BCUT2D eigenvalue weighted by molar-refractivity contribution is -0.146. The molecule has 2 fully saturated rings. The van der Waals surface area contributed by atoms with Gasteiger partial charge in [0.2, 0.25) is 10.0 Å². The average molecular weight is 501 g/mol. The van der Waals surface area contributed by atoms with Crippen LogP contribution >= 0.6 is 0 Å². The van der Waals surface area contributed by atoms with Crippen LogP contribution in [0, 0.1) is 6.92 Å². The van der Waals surface area contributed by atoms with E-state index < -0.39 is 15.4 Å². The highest BCUT2D eigenvalue weighted by Crippen LogP contribution is 2.49. The molecule has 2 aliphatic rings. The van der Waals surface area contributed by atoms with Gasteiger partial charge in [0.05, 0.1) is 16.9 Å². The van der Waals surface area contributed by atoms with E-state index in [1.54, 1.807) is 38.1 Å². The van der Waals surface area contributed by atoms with Crippen LogP contribution in [0.1, 0.15) is 50.2 Å². The van der Waals surface area contributed by atoms with Crippen LogP contribution < -0.4 is 10.1 Å². The number of carbonyl (C=O) groups excluding carboxylic acids is 2. The van der Waals surface area contributed by atoms with Gasteiger partial charge in [-0.2, -0.15) is 4.31 Å². The zero-order valence-electron chi connectivity index (χ0n) is 20.2. The number of hydrogen-bond donors (Lipinski definition) is 1. The highest BCUT2D eigenvalue weighted by molar-refractivity contribution is 7.89. The van der Waals surface area contributed by atoms with E-state index in [-0.39, 0.29) is 23.4 Å². The third-order valence-corrected chi connectivity index (χ3v) is 8.49. The van der Waals surface area contributed by atoms with Crippen molar-refractivity contribution in [1.82, 2.24) is 4.31 Å². The van der Waals surface area contributed by atoms with Crippen molar-refractivity contribution in [3.8, 4) is 5.75 Å². The van der Waals surface area contributed by atoms with Crippen molar-refractivity contribution in [1.29, 1.82) is 0 Å². The predicted molar refractivity (Wildman–Crippen MR) is 132 cm³/mol. The van der Waals surface area contributed by atoms with Crippen molar-refractivity contribution in [2.75, 3.05) is 31.6 Å². The number of esters is 1. The van der Waals surface area contributed by atoms with Crippen molar-refractivity contribution >= 4 is 27.6 Å². The number of anilines is 1. The zero-order valence-corrected chi connectivity index (χ0v) is 21.0. The Labute approximate surface area is 206 Å². The minimum atomic E-state index is -3.52. The summed E-state index contributed by atoms with van der Waals surface area (Å²) >= 11 is 0. The zero-order chi connectivity index (χ0) is 25.1. The maximum Gasteiger partial charge on any atom is 0.316 e. The molecule has 1 heterocycles. The number of nitrogens with zero attached hydrogens (tertiary/aromatic N) is 1. The monoisotopic (exact) mass is 500 g/mol. The molecule has 188 valence electrons. The largest absolute Gasteiger partial charge is 0.483 e. The first kappa shape index (κ1) is 25.2. The normalized spacial score (nSPS) is 17.4. The Morgan fingerprint density at radius 3 is 2.31 bits per heavy atom. The molecule has 35 heavy (non-hydrogen) atoms. The minimum absolute atomic E-state index is 0.199. The fourth-order valence-corrected chi connectivity index (χ4v) is 6.02. The maximum absolute atomic E-state index is 12.9. The smallest absolute Gasteiger partial charge is 0.316 e. The van der Waals surface area contributed by atoms with Gasteiger partial charge in [-0.25, -0.2) is 8.42 Å². The number of aryl methyl sites for hydroxylation is 1. The van der Waals surface area contributed by atoms with E-state index in [2.05, 4.69) is 5.32 Å². The van der Waals surface area contributed by atoms with Gasteiger partial charge in [0.1, 0.15) is 5.75 Å². The number of benzene rings is 2. The van der Waals surface area contributed by atoms with Gasteiger partial charge in [-0.05, 0) is 81.0 Å². The van der Waals surface area contributed by atoms with Crippen LogP contribution in [-0.4, -0.2) is 50.9 Å². The molecule has 1 amide bonds. The van der Waals surface area contributed by atoms with Gasteiger partial charge in [-0.1, -0.05) is 18.6 Å². The Hall–Kier alpha value is -2.91. The van der Waals surface area contributed by atoms with Crippen LogP contribution in [0.3, 0.4) is 0 Å². The highest BCUT2D eigenvalue weighted by atomic mass is 32.2. The maximum atomic E-state index is 12.9. The number of piperidine rings is 1. The van der Waals surface area contributed by atoms with E-state index in [0.29, 0.717) is 36.7 Å². The van der Waals surface area contributed by atoms with Crippen LogP contribution in [0.4, 0.5) is 5.69 Å². The lowest BCUT2D eigenvalue weighted by Gasteiger charge is -2.26. The first-order valence-electron chi connectivity index (χ1n) is 12.1. The Morgan fingerprint density at radius 2 is 1.71 bits per heavy atom. The van der Waals surface area contributed by atoms with Crippen molar-refractivity contribution in [3.63, 3.8) is 0 Å². The van der Waals surface area contributed by atoms with E-state index in [0.717, 1.165) is 37.7 Å². The van der Waals surface area contributed by atoms with Crippen LogP contribution in [0.15, 0.2) is 47.4 Å². The number of rotatable bonds is 9. The molecule has 2 aromatic rings. The molecular formula is C26H32N2O6S. The second-order valence-corrected chi connectivity index (χ2v) is 11.0. The van der Waals surface area contributed by atoms with Gasteiger partial charge >= 0.3 is 5.97 Å². The number of carbonyl (C=O) groups is 2. The van der Waals surface area contributed by atoms with Crippen molar-refractivity contribution < 1.29 is 27.5 Å². The molecule has 1 saturated carbocycles. The number of sulfonamides is 1. The van der Waals surface area contributed by atoms with Gasteiger partial charge in [0.25, 0.3) is 5.91 Å². The lowest BCUT2D eigenvalue weighted by atomic mass is 9.96. The molecule has 0 unspecified atom stereocenters. The van der Waals surface area contributed by atoms with Crippen LogP contribution in [-0.2, 0) is 29.8 Å². The standard InChI is InChI=1S/C26H32N2O6S/c1-3-33-25(30)26(13-14-26)20-7-9-21(10-8-20)27-24(29)18-34-23-12-11-22(17-19(23)2)35(31,32)28-15-5-4-6-16-28/h7-12,17H,3-6,13-16,18H2,1-2H3,(H,27,29). The summed E-state index contributed by atoms with van der Waals surface area (Å²) in [6, 6.07) is 11.9. The summed E-state index contributed by atoms with van der Waals surface area (Å²) in [4.78, 5) is 24.9. The molecular weight excluding hydrogens is 468 g/mol. The summed E-state index contributed by atoms with van der Waals surface area (Å²) < 4.78 is 38.1. The molecule has 9 heteroatoms. The summed E-state index contributed by atoms with van der Waals surface area (Å²) in [7, 11) is -3.52. The molecule has 2 aromatic carbocycles. The Bertz CT molecular complexity index is 1180. The fraction of sp³-hybridized carbons (Fsp3) is 0.462. The topological polar surface area (TPSA) is 102 Å². The van der Waals surface area contributed by atoms with E-state index >= 15 is 0 Å². The van der Waals surface area contributed by atoms with Crippen LogP contribution in [0.2, 0.25) is 0 Å². The number of nitrogens with one attached hydrogen (secondary N) is 1. The fourth-order valence-electron chi connectivity index (χ4n) is 4.42. The minimum Gasteiger partial charge on any atom is -0.483 e. The summed E-state index contributed by atoms with van der Waals surface area (Å²) in [5.41, 5.74) is 1.59. The van der Waals surface area contributed by atoms with E-state index in [1.807, 2.05) is 12.1 Å².